The SMILES string of the molecule is CCC(C)NC(C(N)=O)c1ccccc1C. The zero-order valence-corrected chi connectivity index (χ0v) is 10.2. The van der Waals surface area contributed by atoms with Crippen LogP contribution in [0.1, 0.15) is 37.4 Å². The van der Waals surface area contributed by atoms with Gasteiger partial charge in [-0.1, -0.05) is 31.2 Å². The zero-order chi connectivity index (χ0) is 12.1. The van der Waals surface area contributed by atoms with E-state index in [4.69, 9.17) is 5.73 Å². The van der Waals surface area contributed by atoms with Crippen molar-refractivity contribution in [2.75, 3.05) is 0 Å². The standard InChI is InChI=1S/C13H20N2O/c1-4-10(3)15-12(13(14)16)11-8-6-5-7-9(11)2/h5-8,10,12,15H,4H2,1-3H3,(H2,14,16). The highest BCUT2D eigenvalue weighted by Gasteiger charge is 2.20. The third-order valence-electron chi connectivity index (χ3n) is 2.85. The van der Waals surface area contributed by atoms with Crippen molar-refractivity contribution in [2.24, 2.45) is 5.73 Å². The van der Waals surface area contributed by atoms with E-state index in [9.17, 15) is 4.79 Å². The van der Waals surface area contributed by atoms with Crippen molar-refractivity contribution in [1.29, 1.82) is 0 Å². The number of hydrogen-bond acceptors (Lipinski definition) is 2. The Morgan fingerprint density at radius 3 is 2.56 bits per heavy atom. The smallest absolute Gasteiger partial charge is 0.239 e. The number of rotatable bonds is 5. The molecule has 0 radical (unpaired) electrons. The second kappa shape index (κ2) is 5.66. The second-order valence-corrected chi connectivity index (χ2v) is 4.17. The van der Waals surface area contributed by atoms with Gasteiger partial charge in [0.15, 0.2) is 0 Å². The van der Waals surface area contributed by atoms with Crippen LogP contribution in [0.15, 0.2) is 24.3 Å². The summed E-state index contributed by atoms with van der Waals surface area (Å²) in [4.78, 5) is 11.5. The Hall–Kier alpha value is -1.35. The highest BCUT2D eigenvalue weighted by atomic mass is 16.1. The lowest BCUT2D eigenvalue weighted by Gasteiger charge is -2.21. The first-order valence-electron chi connectivity index (χ1n) is 5.67. The molecule has 0 aliphatic rings. The van der Waals surface area contributed by atoms with E-state index in [1.807, 2.05) is 38.1 Å². The Labute approximate surface area is 97.0 Å². The van der Waals surface area contributed by atoms with Crippen molar-refractivity contribution < 1.29 is 4.79 Å². The molecular formula is C13H20N2O. The predicted molar refractivity (Wildman–Crippen MR) is 66.0 cm³/mol. The van der Waals surface area contributed by atoms with Gasteiger partial charge in [-0.25, -0.2) is 0 Å². The molecule has 2 atom stereocenters. The number of amides is 1. The van der Waals surface area contributed by atoms with Crippen molar-refractivity contribution in [1.82, 2.24) is 5.32 Å². The van der Waals surface area contributed by atoms with Gasteiger partial charge in [-0.3, -0.25) is 10.1 Å². The van der Waals surface area contributed by atoms with Gasteiger partial charge in [0, 0.05) is 6.04 Å². The van der Waals surface area contributed by atoms with Crippen LogP contribution in [0.25, 0.3) is 0 Å². The molecule has 1 rings (SSSR count). The first-order valence-corrected chi connectivity index (χ1v) is 5.67. The summed E-state index contributed by atoms with van der Waals surface area (Å²) in [7, 11) is 0. The van der Waals surface area contributed by atoms with E-state index >= 15 is 0 Å². The molecule has 0 saturated carbocycles. The van der Waals surface area contributed by atoms with E-state index in [-0.39, 0.29) is 11.9 Å². The van der Waals surface area contributed by atoms with Crippen LogP contribution >= 0.6 is 0 Å². The predicted octanol–water partition coefficient (Wildman–Crippen LogP) is 1.91. The molecule has 1 aromatic carbocycles. The summed E-state index contributed by atoms with van der Waals surface area (Å²) in [6.45, 7) is 6.12. The summed E-state index contributed by atoms with van der Waals surface area (Å²) in [5, 5.41) is 3.25. The van der Waals surface area contributed by atoms with Crippen molar-refractivity contribution in [2.45, 2.75) is 39.3 Å². The Bertz CT molecular complexity index is 363. The molecule has 3 N–H and O–H groups in total. The van der Waals surface area contributed by atoms with Crippen LogP contribution in [-0.2, 0) is 4.79 Å². The van der Waals surface area contributed by atoms with Crippen molar-refractivity contribution >= 4 is 5.91 Å². The molecule has 16 heavy (non-hydrogen) atoms. The van der Waals surface area contributed by atoms with E-state index in [0.29, 0.717) is 0 Å². The monoisotopic (exact) mass is 220 g/mol. The molecule has 3 heteroatoms. The van der Waals surface area contributed by atoms with Gasteiger partial charge in [-0.05, 0) is 31.4 Å². The number of benzene rings is 1. The molecule has 0 bridgehead atoms. The van der Waals surface area contributed by atoms with Gasteiger partial charge >= 0.3 is 0 Å². The average molecular weight is 220 g/mol. The number of hydrogen-bond donors (Lipinski definition) is 2. The summed E-state index contributed by atoms with van der Waals surface area (Å²) in [6, 6.07) is 7.70. The third-order valence-corrected chi connectivity index (χ3v) is 2.85. The van der Waals surface area contributed by atoms with Crippen molar-refractivity contribution in [3.05, 3.63) is 35.4 Å². The number of carbonyl (C=O) groups excluding carboxylic acids is 1. The lowest BCUT2D eigenvalue weighted by atomic mass is 10.00. The highest BCUT2D eigenvalue weighted by molar-refractivity contribution is 5.81. The summed E-state index contributed by atoms with van der Waals surface area (Å²) in [5.74, 6) is -0.324. The molecule has 0 spiro atoms. The number of nitrogens with one attached hydrogen (secondary N) is 1. The van der Waals surface area contributed by atoms with Crippen LogP contribution in [0, 0.1) is 6.92 Å². The zero-order valence-electron chi connectivity index (χ0n) is 10.2. The van der Waals surface area contributed by atoms with E-state index in [1.54, 1.807) is 0 Å². The maximum Gasteiger partial charge on any atom is 0.239 e. The minimum absolute atomic E-state index is 0.275. The van der Waals surface area contributed by atoms with E-state index in [2.05, 4.69) is 12.2 Å². The van der Waals surface area contributed by atoms with Crippen molar-refractivity contribution in [3.63, 3.8) is 0 Å². The largest absolute Gasteiger partial charge is 0.368 e. The Morgan fingerprint density at radius 2 is 2.06 bits per heavy atom. The maximum absolute atomic E-state index is 11.5. The van der Waals surface area contributed by atoms with Gasteiger partial charge in [0.05, 0.1) is 0 Å². The van der Waals surface area contributed by atoms with Gasteiger partial charge in [0.25, 0.3) is 0 Å². The van der Waals surface area contributed by atoms with Gasteiger partial charge < -0.3 is 5.73 Å². The molecule has 1 aromatic rings. The fourth-order valence-electron chi connectivity index (χ4n) is 1.64. The summed E-state index contributed by atoms with van der Waals surface area (Å²) in [5.41, 5.74) is 7.49. The van der Waals surface area contributed by atoms with Crippen LogP contribution in [0.5, 0.6) is 0 Å². The van der Waals surface area contributed by atoms with Crippen LogP contribution in [0.3, 0.4) is 0 Å². The molecule has 0 aliphatic heterocycles. The fourth-order valence-corrected chi connectivity index (χ4v) is 1.64. The number of primary amides is 1. The Morgan fingerprint density at radius 1 is 1.44 bits per heavy atom. The van der Waals surface area contributed by atoms with Crippen molar-refractivity contribution in [3.8, 4) is 0 Å². The van der Waals surface area contributed by atoms with E-state index in [0.717, 1.165) is 17.5 Å². The van der Waals surface area contributed by atoms with E-state index in [1.165, 1.54) is 0 Å². The molecule has 0 fully saturated rings. The Balaban J connectivity index is 2.94. The Kier molecular flexibility index (Phi) is 4.50. The first kappa shape index (κ1) is 12.7. The number of carbonyl (C=O) groups is 1. The summed E-state index contributed by atoms with van der Waals surface area (Å²) < 4.78 is 0. The average Bonchev–Trinajstić information content (AvgIpc) is 2.26. The quantitative estimate of drug-likeness (QED) is 0.796. The molecule has 3 nitrogen and oxygen atoms in total. The molecule has 0 aliphatic carbocycles. The summed E-state index contributed by atoms with van der Waals surface area (Å²) >= 11 is 0. The van der Waals surface area contributed by atoms with Gasteiger partial charge in [-0.15, -0.1) is 0 Å². The molecular weight excluding hydrogens is 200 g/mol. The topological polar surface area (TPSA) is 55.1 Å². The maximum atomic E-state index is 11.5. The van der Waals surface area contributed by atoms with Gasteiger partial charge in [0.1, 0.15) is 6.04 Å². The number of aryl methyl sites for hydroxylation is 1. The summed E-state index contributed by atoms with van der Waals surface area (Å²) in [6.07, 6.45) is 0.968. The lowest BCUT2D eigenvalue weighted by molar-refractivity contribution is -0.120. The van der Waals surface area contributed by atoms with Crippen LogP contribution in [0.2, 0.25) is 0 Å². The van der Waals surface area contributed by atoms with Gasteiger partial charge in [-0.2, -0.15) is 0 Å². The molecule has 88 valence electrons. The third kappa shape index (κ3) is 3.07. The van der Waals surface area contributed by atoms with Crippen LogP contribution < -0.4 is 11.1 Å². The minimum Gasteiger partial charge on any atom is -0.368 e. The molecule has 2 unspecified atom stereocenters. The first-order chi connectivity index (χ1) is 7.56. The minimum atomic E-state index is -0.392. The highest BCUT2D eigenvalue weighted by Crippen LogP contribution is 2.18. The molecule has 0 aromatic heterocycles. The second-order valence-electron chi connectivity index (χ2n) is 4.17. The van der Waals surface area contributed by atoms with Gasteiger partial charge in [0.2, 0.25) is 5.91 Å². The molecule has 0 heterocycles. The lowest BCUT2D eigenvalue weighted by Crippen LogP contribution is -2.38. The normalized spacial score (nSPS) is 14.4. The molecule has 0 saturated heterocycles. The number of nitrogens with two attached hydrogens (primary N) is 1. The van der Waals surface area contributed by atoms with E-state index < -0.39 is 6.04 Å². The fraction of sp³-hybridized carbons (Fsp3) is 0.462. The molecule has 1 amide bonds. The van der Waals surface area contributed by atoms with Crippen LogP contribution in [-0.4, -0.2) is 11.9 Å². The van der Waals surface area contributed by atoms with Crippen LogP contribution in [0.4, 0.5) is 0 Å².